The maximum Gasteiger partial charge on any atom is 0.341 e. The van der Waals surface area contributed by atoms with Gasteiger partial charge < -0.3 is 20.1 Å². The number of aromatic nitrogens is 1. The number of hydrogen-bond acceptors (Lipinski definition) is 6. The van der Waals surface area contributed by atoms with Gasteiger partial charge in [-0.05, 0) is 46.5 Å². The molecule has 0 bridgehead atoms. The molecule has 0 aliphatic heterocycles. The first-order valence-electron chi connectivity index (χ1n) is 13.8. The molecule has 9 nitrogen and oxygen atoms in total. The highest BCUT2D eigenvalue weighted by atomic mass is 16.5. The smallest absolute Gasteiger partial charge is 0.341 e. The number of amides is 1. The molecule has 0 fully saturated rings. The SMILES string of the molecule is O=C(C[C@H](NC(=O)c1ccc(-c2ccccc2)cc1)C(=O)Cc1ccc2[nH]cc(C(=O)O)c(=O)c2c1)OCc1ccccc1. The summed E-state index contributed by atoms with van der Waals surface area (Å²) in [5, 5.41) is 12.1. The molecule has 0 saturated heterocycles. The first kappa shape index (κ1) is 29.7. The number of carboxylic acid groups (broad SMARTS) is 1. The molecule has 220 valence electrons. The lowest BCUT2D eigenvalue weighted by molar-refractivity contribution is -0.146. The van der Waals surface area contributed by atoms with Crippen LogP contribution in [0.3, 0.4) is 0 Å². The number of carbonyl (C=O) groups excluding carboxylic acids is 3. The summed E-state index contributed by atoms with van der Waals surface area (Å²) >= 11 is 0. The Morgan fingerprint density at radius 1 is 0.795 bits per heavy atom. The fourth-order valence-electron chi connectivity index (χ4n) is 4.75. The van der Waals surface area contributed by atoms with Crippen molar-refractivity contribution in [3.05, 3.63) is 142 Å². The Hall–Kier alpha value is -5.83. The summed E-state index contributed by atoms with van der Waals surface area (Å²) in [4.78, 5) is 66.4. The number of aromatic carboxylic acids is 1. The van der Waals surface area contributed by atoms with Crippen molar-refractivity contribution in [2.24, 2.45) is 0 Å². The van der Waals surface area contributed by atoms with Gasteiger partial charge in [-0.2, -0.15) is 0 Å². The van der Waals surface area contributed by atoms with Crippen LogP contribution in [0.5, 0.6) is 0 Å². The van der Waals surface area contributed by atoms with E-state index in [1.54, 1.807) is 48.5 Å². The number of ether oxygens (including phenoxy) is 1. The van der Waals surface area contributed by atoms with Gasteiger partial charge in [-0.1, -0.05) is 78.9 Å². The molecule has 0 radical (unpaired) electrons. The highest BCUT2D eigenvalue weighted by Crippen LogP contribution is 2.20. The van der Waals surface area contributed by atoms with Gasteiger partial charge in [0, 0.05) is 29.1 Å². The lowest BCUT2D eigenvalue weighted by Crippen LogP contribution is -2.43. The topological polar surface area (TPSA) is 143 Å². The minimum atomic E-state index is -1.37. The van der Waals surface area contributed by atoms with E-state index in [0.29, 0.717) is 16.6 Å². The molecule has 9 heteroatoms. The van der Waals surface area contributed by atoms with Crippen molar-refractivity contribution in [2.75, 3.05) is 0 Å². The third-order valence-electron chi connectivity index (χ3n) is 7.12. The Labute approximate surface area is 252 Å². The number of fused-ring (bicyclic) bond motifs is 1. The number of esters is 1. The van der Waals surface area contributed by atoms with Crippen LogP contribution in [0.15, 0.2) is 114 Å². The number of Topliss-reactive ketones (excluding diaryl/α,β-unsaturated/α-hetero) is 1. The molecule has 0 spiro atoms. The number of ketones is 1. The quantitative estimate of drug-likeness (QED) is 0.186. The monoisotopic (exact) mass is 588 g/mol. The summed E-state index contributed by atoms with van der Waals surface area (Å²) in [6, 6.07) is 29.0. The van der Waals surface area contributed by atoms with Gasteiger partial charge in [0.05, 0.1) is 12.5 Å². The van der Waals surface area contributed by atoms with Gasteiger partial charge in [0.15, 0.2) is 5.78 Å². The summed E-state index contributed by atoms with van der Waals surface area (Å²) in [6.45, 7) is 0.00877. The molecule has 5 rings (SSSR count). The first-order valence-corrected chi connectivity index (χ1v) is 13.8. The molecular formula is C35H28N2O7. The van der Waals surface area contributed by atoms with E-state index in [1.807, 2.05) is 48.5 Å². The molecule has 0 aliphatic carbocycles. The van der Waals surface area contributed by atoms with Crippen LogP contribution in [0.25, 0.3) is 22.0 Å². The van der Waals surface area contributed by atoms with Crippen LogP contribution in [-0.4, -0.2) is 39.8 Å². The zero-order chi connectivity index (χ0) is 31.1. The third kappa shape index (κ3) is 7.14. The Balaban J connectivity index is 1.35. The Morgan fingerprint density at radius 2 is 1.45 bits per heavy atom. The van der Waals surface area contributed by atoms with Gasteiger partial charge in [-0.3, -0.25) is 19.2 Å². The lowest BCUT2D eigenvalue weighted by atomic mass is 9.99. The van der Waals surface area contributed by atoms with Crippen molar-refractivity contribution < 1.29 is 29.0 Å². The van der Waals surface area contributed by atoms with E-state index in [-0.39, 0.29) is 18.4 Å². The molecule has 1 heterocycles. The third-order valence-corrected chi connectivity index (χ3v) is 7.12. The van der Waals surface area contributed by atoms with Gasteiger partial charge >= 0.3 is 11.9 Å². The molecule has 1 aromatic heterocycles. The number of nitrogens with one attached hydrogen (secondary N) is 2. The predicted molar refractivity (Wildman–Crippen MR) is 164 cm³/mol. The zero-order valence-electron chi connectivity index (χ0n) is 23.5. The lowest BCUT2D eigenvalue weighted by Gasteiger charge is -2.18. The van der Waals surface area contributed by atoms with E-state index < -0.39 is 47.1 Å². The first-order chi connectivity index (χ1) is 21.3. The normalized spacial score (nSPS) is 11.5. The molecule has 1 amide bonds. The average Bonchev–Trinajstić information content (AvgIpc) is 3.04. The molecule has 3 N–H and O–H groups in total. The number of rotatable bonds is 11. The van der Waals surface area contributed by atoms with Gasteiger partial charge in [0.2, 0.25) is 5.43 Å². The Morgan fingerprint density at radius 3 is 2.14 bits per heavy atom. The van der Waals surface area contributed by atoms with Gasteiger partial charge in [0.25, 0.3) is 5.91 Å². The number of hydrogen-bond donors (Lipinski definition) is 3. The molecule has 1 atom stereocenters. The molecule has 44 heavy (non-hydrogen) atoms. The van der Waals surface area contributed by atoms with E-state index in [1.165, 1.54) is 6.07 Å². The average molecular weight is 589 g/mol. The summed E-state index contributed by atoms with van der Waals surface area (Å²) in [5.74, 6) is -3.07. The summed E-state index contributed by atoms with van der Waals surface area (Å²) in [7, 11) is 0. The molecular weight excluding hydrogens is 560 g/mol. The highest BCUT2D eigenvalue weighted by Gasteiger charge is 2.26. The number of aromatic amines is 1. The van der Waals surface area contributed by atoms with Crippen molar-refractivity contribution in [2.45, 2.75) is 25.5 Å². The zero-order valence-corrected chi connectivity index (χ0v) is 23.5. The second-order valence-corrected chi connectivity index (χ2v) is 10.2. The molecule has 4 aromatic carbocycles. The van der Waals surface area contributed by atoms with Crippen molar-refractivity contribution in [3.8, 4) is 11.1 Å². The number of carbonyl (C=O) groups is 4. The fourth-order valence-corrected chi connectivity index (χ4v) is 4.75. The summed E-state index contributed by atoms with van der Waals surface area (Å²) in [6.07, 6.45) is 0.490. The van der Waals surface area contributed by atoms with Crippen molar-refractivity contribution in [3.63, 3.8) is 0 Å². The largest absolute Gasteiger partial charge is 0.477 e. The minimum Gasteiger partial charge on any atom is -0.477 e. The standard InChI is InChI=1S/C35H28N2O7/c38-31(18-23-11-16-29-27(17-23)33(40)28(20-36-29)35(42)43)30(19-32(39)44-21-22-7-3-1-4-8-22)37-34(41)26-14-12-25(13-15-26)24-9-5-2-6-10-24/h1-17,20,30H,18-19,21H2,(H,36,40)(H,37,41)(H,42,43)/t30-/m0/s1. The van der Waals surface area contributed by atoms with E-state index in [0.717, 1.165) is 22.9 Å². The van der Waals surface area contributed by atoms with Crippen LogP contribution < -0.4 is 10.7 Å². The van der Waals surface area contributed by atoms with Crippen LogP contribution in [-0.2, 0) is 27.4 Å². The van der Waals surface area contributed by atoms with Crippen LogP contribution >= 0.6 is 0 Å². The molecule has 0 saturated carbocycles. The van der Waals surface area contributed by atoms with Crippen LogP contribution in [0.2, 0.25) is 0 Å². The van der Waals surface area contributed by atoms with Crippen molar-refractivity contribution in [1.29, 1.82) is 0 Å². The van der Waals surface area contributed by atoms with E-state index in [9.17, 15) is 29.1 Å². The maximum atomic E-state index is 13.5. The molecule has 0 unspecified atom stereocenters. The number of H-pyrrole nitrogens is 1. The number of benzene rings is 4. The molecule has 0 aliphatic rings. The van der Waals surface area contributed by atoms with Gasteiger partial charge in [-0.15, -0.1) is 0 Å². The maximum absolute atomic E-state index is 13.5. The van der Waals surface area contributed by atoms with E-state index in [4.69, 9.17) is 4.74 Å². The van der Waals surface area contributed by atoms with Crippen LogP contribution in [0.1, 0.15) is 38.3 Å². The second kappa shape index (κ2) is 13.4. The van der Waals surface area contributed by atoms with Crippen molar-refractivity contribution in [1.82, 2.24) is 10.3 Å². The van der Waals surface area contributed by atoms with Crippen molar-refractivity contribution >= 4 is 34.5 Å². The van der Waals surface area contributed by atoms with Gasteiger partial charge in [-0.25, -0.2) is 4.79 Å². The van der Waals surface area contributed by atoms with Crippen LogP contribution in [0, 0.1) is 0 Å². The van der Waals surface area contributed by atoms with E-state index in [2.05, 4.69) is 10.3 Å². The second-order valence-electron chi connectivity index (χ2n) is 10.2. The van der Waals surface area contributed by atoms with Gasteiger partial charge in [0.1, 0.15) is 12.2 Å². The minimum absolute atomic E-state index is 0.00877. The number of carboxylic acids is 1. The highest BCUT2D eigenvalue weighted by molar-refractivity contribution is 6.00. The predicted octanol–water partition coefficient (Wildman–Crippen LogP) is 4.94. The summed E-state index contributed by atoms with van der Waals surface area (Å²) in [5.41, 5.74) is 2.69. The fraction of sp³-hybridized carbons (Fsp3) is 0.114. The number of pyridine rings is 1. The molecule has 5 aromatic rings. The van der Waals surface area contributed by atoms with Crippen LogP contribution in [0.4, 0.5) is 0 Å². The Bertz CT molecular complexity index is 1880. The van der Waals surface area contributed by atoms with E-state index >= 15 is 0 Å². The Kier molecular flexibility index (Phi) is 9.05. The summed E-state index contributed by atoms with van der Waals surface area (Å²) < 4.78 is 5.38.